The van der Waals surface area contributed by atoms with Crippen LogP contribution in [0, 0.1) is 11.8 Å². The van der Waals surface area contributed by atoms with E-state index in [1.165, 1.54) is 24.1 Å². The standard InChI is InChI=1S/C29H36N6O7/c1-16(2)12-21(34-28(39)22-14-18-19(32-22)6-5-7-25(18)41-4)27(38)33-20(13-17-8-10-30-26(17)37)24(36)15-42-29(40)23-9-11-31-35(23)3/h5-7,9,11,14,16-17,20-21,32H,8,10,12-13,15H2,1-4H3,(H,30,37)(H,33,38)(H,34,39)/t17-,20-,21-/m0/s1. The number of benzene rings is 1. The fourth-order valence-electron chi connectivity index (χ4n) is 4.95. The van der Waals surface area contributed by atoms with Crippen LogP contribution in [0.3, 0.4) is 0 Å². The minimum Gasteiger partial charge on any atom is -0.496 e. The SMILES string of the molecule is COc1cccc2[nH]c(C(=O)N[C@@H](CC(C)C)C(=O)N[C@@H](C[C@@H]3CCNC3=O)C(=O)COC(=O)c3ccnn3C)cc12. The van der Waals surface area contributed by atoms with E-state index in [9.17, 15) is 24.0 Å². The normalized spacial score (nSPS) is 16.1. The number of ether oxygens (including phenoxy) is 2. The second-order valence-corrected chi connectivity index (χ2v) is 10.7. The van der Waals surface area contributed by atoms with Crippen LogP contribution in [0.25, 0.3) is 10.9 Å². The summed E-state index contributed by atoms with van der Waals surface area (Å²) < 4.78 is 11.9. The van der Waals surface area contributed by atoms with Gasteiger partial charge < -0.3 is 30.4 Å². The van der Waals surface area contributed by atoms with E-state index in [0.717, 1.165) is 5.39 Å². The molecule has 0 saturated carbocycles. The van der Waals surface area contributed by atoms with Gasteiger partial charge in [0.1, 0.15) is 23.2 Å². The first-order valence-electron chi connectivity index (χ1n) is 13.8. The molecule has 3 atom stereocenters. The van der Waals surface area contributed by atoms with E-state index in [1.54, 1.807) is 25.2 Å². The number of nitrogens with zero attached hydrogens (tertiary/aromatic N) is 2. The van der Waals surface area contributed by atoms with Crippen molar-refractivity contribution >= 4 is 40.4 Å². The Morgan fingerprint density at radius 2 is 1.93 bits per heavy atom. The van der Waals surface area contributed by atoms with Gasteiger partial charge in [-0.3, -0.25) is 23.9 Å². The summed E-state index contributed by atoms with van der Waals surface area (Å²) in [6.07, 6.45) is 2.25. The van der Waals surface area contributed by atoms with Crippen molar-refractivity contribution in [2.24, 2.45) is 18.9 Å². The number of aryl methyl sites for hydroxylation is 1. The van der Waals surface area contributed by atoms with Crippen LogP contribution in [-0.4, -0.2) is 76.6 Å². The molecule has 4 N–H and O–H groups in total. The van der Waals surface area contributed by atoms with Gasteiger partial charge in [-0.05, 0) is 49.4 Å². The number of amides is 3. The van der Waals surface area contributed by atoms with Crippen molar-refractivity contribution < 1.29 is 33.4 Å². The van der Waals surface area contributed by atoms with Gasteiger partial charge >= 0.3 is 5.97 Å². The number of hydrogen-bond acceptors (Lipinski definition) is 8. The molecule has 1 fully saturated rings. The van der Waals surface area contributed by atoms with Crippen molar-refractivity contribution in [3.05, 3.63) is 47.9 Å². The third-order valence-electron chi connectivity index (χ3n) is 7.18. The lowest BCUT2D eigenvalue weighted by molar-refractivity contribution is -0.131. The van der Waals surface area contributed by atoms with Crippen molar-refractivity contribution in [2.75, 3.05) is 20.3 Å². The van der Waals surface area contributed by atoms with Crippen molar-refractivity contribution in [3.8, 4) is 5.75 Å². The lowest BCUT2D eigenvalue weighted by Crippen LogP contribution is -2.53. The summed E-state index contributed by atoms with van der Waals surface area (Å²) in [5, 5.41) is 12.9. The fraction of sp³-hybridized carbons (Fsp3) is 0.448. The highest BCUT2D eigenvalue weighted by atomic mass is 16.5. The van der Waals surface area contributed by atoms with Gasteiger partial charge in [0.2, 0.25) is 11.8 Å². The quantitative estimate of drug-likeness (QED) is 0.220. The first-order valence-corrected chi connectivity index (χ1v) is 13.8. The summed E-state index contributed by atoms with van der Waals surface area (Å²) >= 11 is 0. The molecule has 224 valence electrons. The van der Waals surface area contributed by atoms with Crippen molar-refractivity contribution in [1.29, 1.82) is 0 Å². The third-order valence-corrected chi connectivity index (χ3v) is 7.18. The van der Waals surface area contributed by atoms with Crippen LogP contribution < -0.4 is 20.7 Å². The number of fused-ring (bicyclic) bond motifs is 1. The number of nitrogens with one attached hydrogen (secondary N) is 4. The summed E-state index contributed by atoms with van der Waals surface area (Å²) in [7, 11) is 3.10. The Balaban J connectivity index is 1.48. The van der Waals surface area contributed by atoms with Gasteiger partial charge in [0, 0.05) is 36.6 Å². The van der Waals surface area contributed by atoms with E-state index in [1.807, 2.05) is 19.9 Å². The number of methoxy groups -OCH3 is 1. The smallest absolute Gasteiger partial charge is 0.357 e. The summed E-state index contributed by atoms with van der Waals surface area (Å²) in [6.45, 7) is 3.67. The van der Waals surface area contributed by atoms with Crippen LogP contribution in [0.15, 0.2) is 36.5 Å². The Morgan fingerprint density at radius 1 is 1.14 bits per heavy atom. The number of hydrogen-bond donors (Lipinski definition) is 4. The van der Waals surface area contributed by atoms with Crippen LogP contribution in [-0.2, 0) is 26.2 Å². The van der Waals surface area contributed by atoms with E-state index in [0.29, 0.717) is 30.7 Å². The average molecular weight is 581 g/mol. The Bertz CT molecular complexity index is 1480. The van der Waals surface area contributed by atoms with Crippen molar-refractivity contribution in [2.45, 2.75) is 45.2 Å². The first kappa shape index (κ1) is 30.3. The highest BCUT2D eigenvalue weighted by molar-refractivity contribution is 6.02. The molecule has 1 aliphatic rings. The van der Waals surface area contributed by atoms with Crippen LogP contribution in [0.4, 0.5) is 0 Å². The number of carbonyl (C=O) groups excluding carboxylic acids is 5. The molecule has 42 heavy (non-hydrogen) atoms. The van der Waals surface area contributed by atoms with Gasteiger partial charge in [-0.25, -0.2) is 4.79 Å². The Morgan fingerprint density at radius 3 is 2.57 bits per heavy atom. The largest absolute Gasteiger partial charge is 0.496 e. The predicted molar refractivity (Wildman–Crippen MR) is 152 cm³/mol. The second kappa shape index (κ2) is 13.3. The summed E-state index contributed by atoms with van der Waals surface area (Å²) in [5.41, 5.74) is 1.10. The van der Waals surface area contributed by atoms with Crippen molar-refractivity contribution in [1.82, 2.24) is 30.7 Å². The number of H-pyrrole nitrogens is 1. The topological polar surface area (TPSA) is 174 Å². The monoisotopic (exact) mass is 580 g/mol. The maximum absolute atomic E-state index is 13.5. The Labute approximate surface area is 242 Å². The zero-order chi connectivity index (χ0) is 30.4. The van der Waals surface area contributed by atoms with Crippen LogP contribution in [0.1, 0.15) is 54.1 Å². The minimum absolute atomic E-state index is 0.0264. The number of carbonyl (C=O) groups is 5. The molecule has 0 spiro atoms. The fourth-order valence-corrected chi connectivity index (χ4v) is 4.95. The molecule has 0 bridgehead atoms. The predicted octanol–water partition coefficient (Wildman–Crippen LogP) is 1.49. The van der Waals surface area contributed by atoms with E-state index in [-0.39, 0.29) is 29.6 Å². The molecule has 0 unspecified atom stereocenters. The summed E-state index contributed by atoms with van der Waals surface area (Å²) in [5.74, 6) is -2.48. The number of ketones is 1. The van der Waals surface area contributed by atoms with Gasteiger partial charge in [-0.2, -0.15) is 5.10 Å². The first-order chi connectivity index (χ1) is 20.1. The molecule has 1 aliphatic heterocycles. The number of aromatic amines is 1. The summed E-state index contributed by atoms with van der Waals surface area (Å²) in [4.78, 5) is 67.7. The van der Waals surface area contributed by atoms with Crippen LogP contribution in [0.5, 0.6) is 5.75 Å². The number of Topliss-reactive ketones (excluding diaryl/α,β-unsaturated/α-hetero) is 1. The maximum Gasteiger partial charge on any atom is 0.357 e. The lowest BCUT2D eigenvalue weighted by atomic mass is 9.95. The minimum atomic E-state index is -1.12. The third kappa shape index (κ3) is 7.14. The number of rotatable bonds is 13. The van der Waals surface area contributed by atoms with E-state index in [2.05, 4.69) is 26.0 Å². The Hall–Kier alpha value is -4.68. The molecule has 13 heteroatoms. The number of aromatic nitrogens is 3. The van der Waals surface area contributed by atoms with Gasteiger partial charge in [0.25, 0.3) is 5.91 Å². The molecule has 1 aromatic carbocycles. The molecular formula is C29H36N6O7. The van der Waals surface area contributed by atoms with E-state index < -0.39 is 48.2 Å². The highest BCUT2D eigenvalue weighted by Crippen LogP contribution is 2.26. The molecular weight excluding hydrogens is 544 g/mol. The molecule has 2 aromatic heterocycles. The van der Waals surface area contributed by atoms with Crippen molar-refractivity contribution in [3.63, 3.8) is 0 Å². The van der Waals surface area contributed by atoms with Gasteiger partial charge in [0.15, 0.2) is 12.4 Å². The molecule has 1 saturated heterocycles. The van der Waals surface area contributed by atoms with Gasteiger partial charge in [-0.1, -0.05) is 19.9 Å². The highest BCUT2D eigenvalue weighted by Gasteiger charge is 2.34. The molecule has 3 heterocycles. The van der Waals surface area contributed by atoms with Crippen LogP contribution in [0.2, 0.25) is 0 Å². The average Bonchev–Trinajstić information content (AvgIpc) is 3.70. The maximum atomic E-state index is 13.5. The zero-order valence-electron chi connectivity index (χ0n) is 24.1. The molecule has 0 aliphatic carbocycles. The molecule has 3 amide bonds. The van der Waals surface area contributed by atoms with Crippen LogP contribution >= 0.6 is 0 Å². The second-order valence-electron chi connectivity index (χ2n) is 10.7. The van der Waals surface area contributed by atoms with E-state index >= 15 is 0 Å². The summed E-state index contributed by atoms with van der Waals surface area (Å²) in [6, 6.07) is 6.40. The van der Waals surface area contributed by atoms with Gasteiger partial charge in [-0.15, -0.1) is 0 Å². The molecule has 4 rings (SSSR count). The Kier molecular flexibility index (Phi) is 9.60. The van der Waals surface area contributed by atoms with E-state index in [4.69, 9.17) is 9.47 Å². The molecule has 0 radical (unpaired) electrons. The number of esters is 1. The molecule has 13 nitrogen and oxygen atoms in total. The lowest BCUT2D eigenvalue weighted by Gasteiger charge is -2.25. The zero-order valence-corrected chi connectivity index (χ0v) is 24.1. The van der Waals surface area contributed by atoms with Gasteiger partial charge in [0.05, 0.1) is 13.2 Å². The molecule has 3 aromatic rings.